The van der Waals surface area contributed by atoms with Crippen LogP contribution in [0.3, 0.4) is 0 Å². The SMILES string of the molecule is CC1(C)CN(S(=O)(=O)N2CCC(CO)CC2)CCO1. The van der Waals surface area contributed by atoms with Gasteiger partial charge in [0.2, 0.25) is 0 Å². The Morgan fingerprint density at radius 2 is 1.84 bits per heavy atom. The summed E-state index contributed by atoms with van der Waals surface area (Å²) < 4.78 is 33.7. The number of rotatable bonds is 3. The molecule has 0 amide bonds. The van der Waals surface area contributed by atoms with Crippen molar-refractivity contribution in [2.45, 2.75) is 32.3 Å². The Morgan fingerprint density at radius 3 is 2.37 bits per heavy atom. The fourth-order valence-electron chi connectivity index (χ4n) is 2.66. The van der Waals surface area contributed by atoms with Crippen molar-refractivity contribution in [3.63, 3.8) is 0 Å². The summed E-state index contributed by atoms with van der Waals surface area (Å²) in [6.07, 6.45) is 1.48. The fraction of sp³-hybridized carbons (Fsp3) is 1.00. The van der Waals surface area contributed by atoms with Crippen LogP contribution < -0.4 is 0 Å². The zero-order chi connectivity index (χ0) is 14.1. The highest BCUT2D eigenvalue weighted by atomic mass is 32.2. The lowest BCUT2D eigenvalue weighted by Gasteiger charge is -2.40. The number of aliphatic hydroxyl groups excluding tert-OH is 1. The molecule has 0 saturated carbocycles. The second-order valence-corrected chi connectivity index (χ2v) is 7.90. The molecule has 19 heavy (non-hydrogen) atoms. The van der Waals surface area contributed by atoms with Crippen molar-refractivity contribution in [1.82, 2.24) is 8.61 Å². The second-order valence-electron chi connectivity index (χ2n) is 5.97. The Kier molecular flexibility index (Phi) is 4.52. The maximum atomic E-state index is 12.6. The van der Waals surface area contributed by atoms with Gasteiger partial charge in [-0.3, -0.25) is 0 Å². The van der Waals surface area contributed by atoms with Gasteiger partial charge in [-0.05, 0) is 32.6 Å². The lowest BCUT2D eigenvalue weighted by Crippen LogP contribution is -2.55. The first-order valence-corrected chi connectivity index (χ1v) is 8.25. The molecule has 0 aliphatic carbocycles. The van der Waals surface area contributed by atoms with Crippen LogP contribution in [0, 0.1) is 5.92 Å². The summed E-state index contributed by atoms with van der Waals surface area (Å²) in [7, 11) is -3.38. The van der Waals surface area contributed by atoms with Crippen LogP contribution in [0.25, 0.3) is 0 Å². The van der Waals surface area contributed by atoms with Gasteiger partial charge >= 0.3 is 0 Å². The molecule has 0 aromatic rings. The summed E-state index contributed by atoms with van der Waals surface area (Å²) in [6.45, 7) is 6.24. The van der Waals surface area contributed by atoms with Crippen LogP contribution in [0.5, 0.6) is 0 Å². The van der Waals surface area contributed by atoms with E-state index in [1.54, 1.807) is 4.31 Å². The van der Waals surface area contributed by atoms with Crippen molar-refractivity contribution in [1.29, 1.82) is 0 Å². The van der Waals surface area contributed by atoms with Gasteiger partial charge in [0.05, 0.1) is 12.2 Å². The van der Waals surface area contributed by atoms with Gasteiger partial charge in [0.25, 0.3) is 10.2 Å². The Hall–Kier alpha value is -0.210. The van der Waals surface area contributed by atoms with E-state index in [0.717, 1.165) is 12.8 Å². The molecule has 2 fully saturated rings. The molecule has 7 heteroatoms. The zero-order valence-corrected chi connectivity index (χ0v) is 12.5. The van der Waals surface area contributed by atoms with Crippen molar-refractivity contribution < 1.29 is 18.3 Å². The van der Waals surface area contributed by atoms with E-state index < -0.39 is 15.8 Å². The molecular weight excluding hydrogens is 268 g/mol. The Morgan fingerprint density at radius 1 is 1.21 bits per heavy atom. The summed E-state index contributed by atoms with van der Waals surface area (Å²) in [5.41, 5.74) is -0.422. The van der Waals surface area contributed by atoms with Crippen molar-refractivity contribution in [2.24, 2.45) is 5.92 Å². The van der Waals surface area contributed by atoms with Crippen LogP contribution >= 0.6 is 0 Å². The number of nitrogens with zero attached hydrogens (tertiary/aromatic N) is 2. The predicted molar refractivity (Wildman–Crippen MR) is 71.9 cm³/mol. The molecule has 2 aliphatic heterocycles. The first kappa shape index (κ1) is 15.2. The molecule has 2 rings (SSSR count). The quantitative estimate of drug-likeness (QED) is 0.798. The van der Waals surface area contributed by atoms with E-state index in [9.17, 15) is 8.42 Å². The summed E-state index contributed by atoms with van der Waals surface area (Å²) in [5.74, 6) is 0.243. The van der Waals surface area contributed by atoms with Crippen molar-refractivity contribution >= 4 is 10.2 Å². The van der Waals surface area contributed by atoms with E-state index in [4.69, 9.17) is 9.84 Å². The molecule has 0 atom stereocenters. The third-order valence-electron chi connectivity index (χ3n) is 3.87. The minimum Gasteiger partial charge on any atom is -0.396 e. The van der Waals surface area contributed by atoms with Crippen LogP contribution in [0.15, 0.2) is 0 Å². The highest BCUT2D eigenvalue weighted by molar-refractivity contribution is 7.86. The normalized spacial score (nSPS) is 27.5. The minimum absolute atomic E-state index is 0.151. The average molecular weight is 292 g/mol. The van der Waals surface area contributed by atoms with Gasteiger partial charge < -0.3 is 9.84 Å². The molecule has 112 valence electrons. The molecule has 0 aromatic heterocycles. The predicted octanol–water partition coefficient (Wildman–Crippen LogP) is 0.0463. The summed E-state index contributed by atoms with van der Waals surface area (Å²) in [5, 5.41) is 9.10. The maximum absolute atomic E-state index is 12.6. The summed E-state index contributed by atoms with van der Waals surface area (Å²) in [4.78, 5) is 0. The minimum atomic E-state index is -3.38. The largest absolute Gasteiger partial charge is 0.396 e. The van der Waals surface area contributed by atoms with E-state index in [2.05, 4.69) is 0 Å². The monoisotopic (exact) mass is 292 g/mol. The molecule has 0 aromatic carbocycles. The van der Waals surface area contributed by atoms with Crippen molar-refractivity contribution in [2.75, 3.05) is 39.4 Å². The fourth-order valence-corrected chi connectivity index (χ4v) is 4.43. The maximum Gasteiger partial charge on any atom is 0.282 e. The van der Waals surface area contributed by atoms with Gasteiger partial charge in [-0.1, -0.05) is 0 Å². The zero-order valence-electron chi connectivity index (χ0n) is 11.7. The van der Waals surface area contributed by atoms with Gasteiger partial charge in [-0.15, -0.1) is 0 Å². The third-order valence-corrected chi connectivity index (χ3v) is 5.86. The second kappa shape index (κ2) is 5.65. The molecular formula is C12H24N2O4S. The molecule has 6 nitrogen and oxygen atoms in total. The van der Waals surface area contributed by atoms with Crippen LogP contribution in [0.1, 0.15) is 26.7 Å². The first-order valence-electron chi connectivity index (χ1n) is 6.85. The van der Waals surface area contributed by atoms with E-state index in [0.29, 0.717) is 32.8 Å². The van der Waals surface area contributed by atoms with Crippen LogP contribution in [-0.4, -0.2) is 67.1 Å². The van der Waals surface area contributed by atoms with Crippen LogP contribution in [0.2, 0.25) is 0 Å². The lowest BCUT2D eigenvalue weighted by atomic mass is 10.00. The van der Waals surface area contributed by atoms with Gasteiger partial charge in [0.1, 0.15) is 0 Å². The summed E-state index contributed by atoms with van der Waals surface area (Å²) >= 11 is 0. The number of morpholine rings is 1. The summed E-state index contributed by atoms with van der Waals surface area (Å²) in [6, 6.07) is 0. The van der Waals surface area contributed by atoms with E-state index in [1.807, 2.05) is 13.8 Å². The molecule has 1 N–H and O–H groups in total. The molecule has 2 aliphatic rings. The van der Waals surface area contributed by atoms with Crippen LogP contribution in [-0.2, 0) is 14.9 Å². The molecule has 0 bridgehead atoms. The number of hydrogen-bond acceptors (Lipinski definition) is 4. The number of aliphatic hydroxyl groups is 1. The Balaban J connectivity index is 2.02. The molecule has 0 spiro atoms. The average Bonchev–Trinajstić information content (AvgIpc) is 2.37. The topological polar surface area (TPSA) is 70.1 Å². The van der Waals surface area contributed by atoms with E-state index in [1.165, 1.54) is 4.31 Å². The van der Waals surface area contributed by atoms with Gasteiger partial charge in [0, 0.05) is 32.8 Å². The lowest BCUT2D eigenvalue weighted by molar-refractivity contribution is -0.0654. The highest BCUT2D eigenvalue weighted by Gasteiger charge is 2.38. The van der Waals surface area contributed by atoms with Gasteiger partial charge in [0.15, 0.2) is 0 Å². The van der Waals surface area contributed by atoms with E-state index >= 15 is 0 Å². The van der Waals surface area contributed by atoms with Crippen molar-refractivity contribution in [3.8, 4) is 0 Å². The molecule has 0 radical (unpaired) electrons. The smallest absolute Gasteiger partial charge is 0.282 e. The number of ether oxygens (including phenoxy) is 1. The third kappa shape index (κ3) is 3.46. The van der Waals surface area contributed by atoms with E-state index in [-0.39, 0.29) is 12.5 Å². The van der Waals surface area contributed by atoms with Gasteiger partial charge in [-0.25, -0.2) is 0 Å². The molecule has 0 unspecified atom stereocenters. The van der Waals surface area contributed by atoms with Gasteiger partial charge in [-0.2, -0.15) is 17.0 Å². The van der Waals surface area contributed by atoms with Crippen LogP contribution in [0.4, 0.5) is 0 Å². The Bertz CT molecular complexity index is 402. The number of hydrogen-bond donors (Lipinski definition) is 1. The Labute approximate surface area is 115 Å². The van der Waals surface area contributed by atoms with Crippen molar-refractivity contribution in [3.05, 3.63) is 0 Å². The first-order chi connectivity index (χ1) is 8.85. The molecule has 2 heterocycles. The molecule has 2 saturated heterocycles. The number of piperidine rings is 1. The standard InChI is InChI=1S/C12H24N2O4S/c1-12(2)10-14(7-8-18-12)19(16,17)13-5-3-11(9-15)4-6-13/h11,15H,3-10H2,1-2H3. The highest BCUT2D eigenvalue weighted by Crippen LogP contribution is 2.24.